The summed E-state index contributed by atoms with van der Waals surface area (Å²) in [5, 5.41) is 2.36. The molecule has 3 aromatic rings. The standard InChI is InChI=1S/C28H30ClF3N6O/c1-18-14-38(23-12-33-17-34-13-23)16-20-9-19(3-4-24(18)20)27(39)35-22-10-21(15-37-7-5-36(2)6-8-37)26(29)25(11-22)28(30,31)32/h3-4,9-13,17-18H,5-8,14-16H2,1-2H3,(H,35,39). The van der Waals surface area contributed by atoms with E-state index in [1.165, 1.54) is 6.33 Å². The Morgan fingerprint density at radius 1 is 1.10 bits per heavy atom. The van der Waals surface area contributed by atoms with Crippen LogP contribution >= 0.6 is 11.6 Å². The van der Waals surface area contributed by atoms with E-state index >= 15 is 0 Å². The van der Waals surface area contributed by atoms with Crippen LogP contribution in [0.25, 0.3) is 0 Å². The Morgan fingerprint density at radius 2 is 1.82 bits per heavy atom. The normalized spacial score (nSPS) is 18.6. The zero-order valence-corrected chi connectivity index (χ0v) is 22.6. The van der Waals surface area contributed by atoms with Gasteiger partial charge in [-0.15, -0.1) is 0 Å². The molecule has 2 aliphatic heterocycles. The van der Waals surface area contributed by atoms with Crippen LogP contribution in [0.5, 0.6) is 0 Å². The molecule has 0 saturated carbocycles. The number of alkyl halides is 3. The molecule has 0 aliphatic carbocycles. The number of piperazine rings is 1. The predicted octanol–water partition coefficient (Wildman–Crippen LogP) is 5.27. The van der Waals surface area contributed by atoms with E-state index in [9.17, 15) is 18.0 Å². The lowest BCUT2D eigenvalue weighted by atomic mass is 9.89. The molecule has 2 aromatic carbocycles. The lowest BCUT2D eigenvalue weighted by Gasteiger charge is -2.34. The van der Waals surface area contributed by atoms with Crippen LogP contribution in [0.4, 0.5) is 24.5 Å². The summed E-state index contributed by atoms with van der Waals surface area (Å²) in [6, 6.07) is 7.91. The number of rotatable bonds is 5. The highest BCUT2D eigenvalue weighted by molar-refractivity contribution is 6.32. The number of carbonyl (C=O) groups is 1. The molecule has 11 heteroatoms. The van der Waals surface area contributed by atoms with Crippen molar-refractivity contribution in [3.63, 3.8) is 0 Å². The topological polar surface area (TPSA) is 64.6 Å². The number of nitrogens with zero attached hydrogens (tertiary/aromatic N) is 5. The molecule has 0 bridgehead atoms. The zero-order chi connectivity index (χ0) is 27.7. The SMILES string of the molecule is CC1CN(c2cncnc2)Cc2cc(C(=O)Nc3cc(CN4CCN(C)CC4)c(Cl)c(C(F)(F)F)c3)ccc21. The molecule has 206 valence electrons. The third kappa shape index (κ3) is 6.18. The molecule has 1 unspecified atom stereocenters. The third-order valence-electron chi connectivity index (χ3n) is 7.40. The second-order valence-corrected chi connectivity index (χ2v) is 10.7. The molecule has 1 saturated heterocycles. The minimum absolute atomic E-state index is 0.0648. The fraction of sp³-hybridized carbons (Fsp3) is 0.393. The van der Waals surface area contributed by atoms with Gasteiger partial charge in [-0.1, -0.05) is 24.6 Å². The summed E-state index contributed by atoms with van der Waals surface area (Å²) >= 11 is 6.24. The van der Waals surface area contributed by atoms with E-state index in [-0.39, 0.29) is 23.2 Å². The maximum Gasteiger partial charge on any atom is 0.417 e. The van der Waals surface area contributed by atoms with Crippen molar-refractivity contribution in [1.29, 1.82) is 0 Å². The number of nitrogens with one attached hydrogen (secondary N) is 1. The smallest absolute Gasteiger partial charge is 0.364 e. The molecule has 3 heterocycles. The molecule has 1 fully saturated rings. The summed E-state index contributed by atoms with van der Waals surface area (Å²) in [5.41, 5.74) is 2.83. The quantitative estimate of drug-likeness (QED) is 0.460. The molecule has 0 radical (unpaired) electrons. The second-order valence-electron chi connectivity index (χ2n) is 10.3. The van der Waals surface area contributed by atoms with Crippen LogP contribution in [-0.4, -0.2) is 65.4 Å². The first-order chi connectivity index (χ1) is 18.6. The average Bonchev–Trinajstić information content (AvgIpc) is 2.91. The van der Waals surface area contributed by atoms with Crippen molar-refractivity contribution in [1.82, 2.24) is 19.8 Å². The molecule has 7 nitrogen and oxygen atoms in total. The van der Waals surface area contributed by atoms with Crippen molar-refractivity contribution < 1.29 is 18.0 Å². The van der Waals surface area contributed by atoms with Gasteiger partial charge in [0.15, 0.2) is 0 Å². The Morgan fingerprint density at radius 3 is 2.51 bits per heavy atom. The van der Waals surface area contributed by atoms with E-state index < -0.39 is 17.6 Å². The van der Waals surface area contributed by atoms with Crippen molar-refractivity contribution >= 4 is 28.9 Å². The fourth-order valence-corrected chi connectivity index (χ4v) is 5.52. The van der Waals surface area contributed by atoms with Crippen molar-refractivity contribution in [3.05, 3.63) is 81.9 Å². The van der Waals surface area contributed by atoms with Crippen LogP contribution in [0.3, 0.4) is 0 Å². The van der Waals surface area contributed by atoms with Crippen LogP contribution in [0.15, 0.2) is 49.1 Å². The lowest BCUT2D eigenvalue weighted by molar-refractivity contribution is -0.137. The summed E-state index contributed by atoms with van der Waals surface area (Å²) in [7, 11) is 2.01. The molecule has 1 N–H and O–H groups in total. The maximum atomic E-state index is 13.9. The van der Waals surface area contributed by atoms with Gasteiger partial charge < -0.3 is 15.1 Å². The number of likely N-dealkylation sites (N-methyl/N-ethyl adjacent to an activating group) is 1. The Hall–Kier alpha value is -3.21. The van der Waals surface area contributed by atoms with Crippen LogP contribution in [0, 0.1) is 0 Å². The molecule has 2 aliphatic rings. The summed E-state index contributed by atoms with van der Waals surface area (Å²) in [6.45, 7) is 6.85. The fourth-order valence-electron chi connectivity index (χ4n) is 5.24. The maximum absolute atomic E-state index is 13.9. The summed E-state index contributed by atoms with van der Waals surface area (Å²) < 4.78 is 41.6. The molecule has 0 spiro atoms. The number of amides is 1. The number of anilines is 2. The molecule has 5 rings (SSSR count). The number of fused-ring (bicyclic) bond motifs is 1. The zero-order valence-electron chi connectivity index (χ0n) is 21.8. The highest BCUT2D eigenvalue weighted by atomic mass is 35.5. The van der Waals surface area contributed by atoms with Gasteiger partial charge >= 0.3 is 6.18 Å². The number of halogens is 4. The van der Waals surface area contributed by atoms with Gasteiger partial charge in [-0.05, 0) is 53.9 Å². The first kappa shape index (κ1) is 27.4. The first-order valence-electron chi connectivity index (χ1n) is 12.8. The monoisotopic (exact) mass is 558 g/mol. The van der Waals surface area contributed by atoms with Crippen LogP contribution in [0.2, 0.25) is 5.02 Å². The Bertz CT molecular complexity index is 1350. The predicted molar refractivity (Wildman–Crippen MR) is 145 cm³/mol. The minimum Gasteiger partial charge on any atom is -0.364 e. The van der Waals surface area contributed by atoms with Crippen molar-refractivity contribution in [3.8, 4) is 0 Å². The Balaban J connectivity index is 1.39. The first-order valence-corrected chi connectivity index (χ1v) is 13.2. The Labute approximate surface area is 230 Å². The summed E-state index contributed by atoms with van der Waals surface area (Å²) in [6.07, 6.45) is 0.325. The van der Waals surface area contributed by atoms with Crippen molar-refractivity contribution in [2.45, 2.75) is 32.1 Å². The summed E-state index contributed by atoms with van der Waals surface area (Å²) in [5.74, 6) is -0.263. The van der Waals surface area contributed by atoms with E-state index in [1.54, 1.807) is 24.5 Å². The van der Waals surface area contributed by atoms with Crippen molar-refractivity contribution in [2.24, 2.45) is 0 Å². The summed E-state index contributed by atoms with van der Waals surface area (Å²) in [4.78, 5) is 27.8. The van der Waals surface area contributed by atoms with Gasteiger partial charge in [0.2, 0.25) is 0 Å². The van der Waals surface area contributed by atoms with Crippen molar-refractivity contribution in [2.75, 3.05) is 50.0 Å². The average molecular weight is 559 g/mol. The number of benzene rings is 2. The van der Waals surface area contributed by atoms with E-state index in [0.717, 1.165) is 55.6 Å². The molecule has 1 aromatic heterocycles. The van der Waals surface area contributed by atoms with E-state index in [1.807, 2.05) is 19.2 Å². The van der Waals surface area contributed by atoms with Gasteiger partial charge in [-0.25, -0.2) is 9.97 Å². The highest BCUT2D eigenvalue weighted by Gasteiger charge is 2.35. The molecule has 39 heavy (non-hydrogen) atoms. The van der Waals surface area contributed by atoms with Gasteiger partial charge in [0.25, 0.3) is 5.91 Å². The van der Waals surface area contributed by atoms with E-state index in [0.29, 0.717) is 17.7 Å². The van der Waals surface area contributed by atoms with Gasteiger partial charge in [0.05, 0.1) is 28.7 Å². The molecule has 1 atom stereocenters. The van der Waals surface area contributed by atoms with Crippen LogP contribution < -0.4 is 10.2 Å². The second kappa shape index (κ2) is 11.1. The number of carbonyl (C=O) groups excluding carboxylic acids is 1. The lowest BCUT2D eigenvalue weighted by Crippen LogP contribution is -2.43. The highest BCUT2D eigenvalue weighted by Crippen LogP contribution is 2.39. The molecule has 1 amide bonds. The van der Waals surface area contributed by atoms with Gasteiger partial charge in [0, 0.05) is 57.1 Å². The van der Waals surface area contributed by atoms with Gasteiger partial charge in [-0.3, -0.25) is 9.69 Å². The van der Waals surface area contributed by atoms with E-state index in [4.69, 9.17) is 11.6 Å². The van der Waals surface area contributed by atoms with Gasteiger partial charge in [-0.2, -0.15) is 13.2 Å². The third-order valence-corrected chi connectivity index (χ3v) is 7.85. The van der Waals surface area contributed by atoms with E-state index in [2.05, 4.69) is 36.9 Å². The number of hydrogen-bond acceptors (Lipinski definition) is 6. The molecular weight excluding hydrogens is 529 g/mol. The number of hydrogen-bond donors (Lipinski definition) is 1. The Kier molecular flexibility index (Phi) is 7.80. The minimum atomic E-state index is -4.65. The number of aromatic nitrogens is 2. The largest absolute Gasteiger partial charge is 0.417 e. The van der Waals surface area contributed by atoms with Crippen LogP contribution in [-0.2, 0) is 19.3 Å². The van der Waals surface area contributed by atoms with Crippen LogP contribution in [0.1, 0.15) is 45.5 Å². The molecular formula is C28H30ClF3N6O. The van der Waals surface area contributed by atoms with Gasteiger partial charge in [0.1, 0.15) is 6.33 Å².